The number of carboxylic acid groups (broad SMARTS) is 4. The number of rotatable bonds is 26. The SMILES string of the molecule is CN[C@@H](CCC(=O)O)C(=O)NC(CNC(=O)[C@H](CCC(=O)O)NC(=O)[C@H](CNC(=O)[C@H](CN)N1C(=O)CCC1=O)NC(=O)[C@H](CCC(=O)O)NC)C(=O)O. The Balaban J connectivity index is 3.26. The fraction of sp³-hybridized carbons (Fsp3) is 0.633. The number of carbonyl (C=O) groups excluding carboxylic acids is 7. The molecular weight excluding hydrogens is 726 g/mol. The van der Waals surface area contributed by atoms with Crippen LogP contribution in [0.25, 0.3) is 0 Å². The number of imide groups is 1. The van der Waals surface area contributed by atoms with Crippen LogP contribution in [0, 0.1) is 0 Å². The molecule has 24 heteroatoms. The van der Waals surface area contributed by atoms with E-state index in [1.165, 1.54) is 14.1 Å². The number of likely N-dealkylation sites (tertiary alicyclic amines) is 1. The van der Waals surface area contributed by atoms with Gasteiger partial charge in [0.05, 0.1) is 12.1 Å². The summed E-state index contributed by atoms with van der Waals surface area (Å²) in [5.41, 5.74) is 5.65. The average Bonchev–Trinajstić information content (AvgIpc) is 3.43. The molecule has 1 saturated heterocycles. The van der Waals surface area contributed by atoms with E-state index in [0.29, 0.717) is 4.90 Å². The molecule has 1 fully saturated rings. The monoisotopic (exact) mass is 773 g/mol. The standard InChI is InChI=1S/C30H47N9O15/c1-32-14(3-8-22(42)43)26(49)37-17(12-35-29(52)19(11-31)39-20(40)6-7-21(39)41)28(51)36-16(5-10-24(46)47)25(48)34-13-18(30(53)54)38-27(50)15(33-2)4-9-23(44)45/h14-19,32-33H,3-13,31H2,1-2H3,(H,34,48)(H,35,52)(H,36,51)(H,37,49)(H,38,50)(H,42,43)(H,44,45)(H,46,47)(H,53,54)/t14-,15-,16-,17-,18?,19-/m0/s1. The molecule has 6 atom stereocenters. The molecule has 7 amide bonds. The second-order valence-electron chi connectivity index (χ2n) is 11.9. The molecule has 0 bridgehead atoms. The smallest absolute Gasteiger partial charge is 0.328 e. The van der Waals surface area contributed by atoms with Crippen molar-refractivity contribution in [3.63, 3.8) is 0 Å². The van der Waals surface area contributed by atoms with Crippen molar-refractivity contribution >= 4 is 65.2 Å². The highest BCUT2D eigenvalue weighted by Crippen LogP contribution is 2.15. The molecule has 1 heterocycles. The molecule has 1 aliphatic rings. The molecular formula is C30H47N9O15. The summed E-state index contributed by atoms with van der Waals surface area (Å²) in [5.74, 6) is -11.9. The molecule has 0 aliphatic carbocycles. The van der Waals surface area contributed by atoms with Gasteiger partial charge >= 0.3 is 23.9 Å². The van der Waals surface area contributed by atoms with Gasteiger partial charge < -0.3 is 63.4 Å². The number of carboxylic acids is 4. The number of hydrogen-bond acceptors (Lipinski definition) is 14. The van der Waals surface area contributed by atoms with Crippen molar-refractivity contribution in [3.05, 3.63) is 0 Å². The van der Waals surface area contributed by atoms with Gasteiger partial charge in [0.2, 0.25) is 41.4 Å². The summed E-state index contributed by atoms with van der Waals surface area (Å²) >= 11 is 0. The van der Waals surface area contributed by atoms with E-state index >= 15 is 0 Å². The van der Waals surface area contributed by atoms with Gasteiger partial charge in [-0.15, -0.1) is 0 Å². The zero-order chi connectivity index (χ0) is 41.1. The Morgan fingerprint density at radius 1 is 0.574 bits per heavy atom. The Bertz CT molecular complexity index is 1430. The first-order valence-corrected chi connectivity index (χ1v) is 16.6. The largest absolute Gasteiger partial charge is 0.481 e. The van der Waals surface area contributed by atoms with Crippen molar-refractivity contribution in [2.24, 2.45) is 5.73 Å². The van der Waals surface area contributed by atoms with Crippen molar-refractivity contribution in [2.45, 2.75) is 87.6 Å². The minimum atomic E-state index is -1.77. The third kappa shape index (κ3) is 15.5. The molecule has 0 radical (unpaired) electrons. The number of amides is 7. The molecule has 54 heavy (non-hydrogen) atoms. The minimum Gasteiger partial charge on any atom is -0.481 e. The maximum Gasteiger partial charge on any atom is 0.328 e. The Labute approximate surface area is 307 Å². The van der Waals surface area contributed by atoms with Crippen molar-refractivity contribution in [2.75, 3.05) is 33.7 Å². The van der Waals surface area contributed by atoms with E-state index in [1.807, 2.05) is 0 Å². The van der Waals surface area contributed by atoms with E-state index in [4.69, 9.17) is 15.9 Å². The summed E-state index contributed by atoms with van der Waals surface area (Å²) in [6, 6.07) is -9.00. The number of likely N-dealkylation sites (N-methyl/N-ethyl adjacent to an activating group) is 2. The van der Waals surface area contributed by atoms with Crippen LogP contribution in [0.4, 0.5) is 0 Å². The lowest BCUT2D eigenvalue weighted by Crippen LogP contribution is -2.61. The van der Waals surface area contributed by atoms with E-state index in [1.54, 1.807) is 0 Å². The topological polar surface area (TPSA) is 382 Å². The maximum atomic E-state index is 13.6. The molecule has 0 spiro atoms. The number of aliphatic carboxylic acids is 4. The molecule has 0 aromatic heterocycles. The van der Waals surface area contributed by atoms with Gasteiger partial charge in [0, 0.05) is 51.7 Å². The van der Waals surface area contributed by atoms with E-state index in [2.05, 4.69) is 37.2 Å². The molecule has 1 aliphatic heterocycles. The van der Waals surface area contributed by atoms with Crippen molar-refractivity contribution in [1.29, 1.82) is 0 Å². The van der Waals surface area contributed by atoms with E-state index in [0.717, 1.165) is 0 Å². The highest BCUT2D eigenvalue weighted by molar-refractivity contribution is 6.06. The van der Waals surface area contributed by atoms with E-state index < -0.39 is 147 Å². The summed E-state index contributed by atoms with van der Waals surface area (Å²) in [5, 5.41) is 53.1. The van der Waals surface area contributed by atoms with Gasteiger partial charge in [0.1, 0.15) is 24.2 Å². The number of hydrogen-bond donors (Lipinski definition) is 12. The van der Waals surface area contributed by atoms with Gasteiger partial charge in [0.15, 0.2) is 0 Å². The number of carbonyl (C=O) groups is 11. The fourth-order valence-corrected chi connectivity index (χ4v) is 5.03. The van der Waals surface area contributed by atoms with Gasteiger partial charge in [-0.05, 0) is 33.4 Å². The molecule has 1 unspecified atom stereocenters. The van der Waals surface area contributed by atoms with Crippen LogP contribution in [0.1, 0.15) is 51.4 Å². The first kappa shape index (κ1) is 46.3. The van der Waals surface area contributed by atoms with Crippen LogP contribution in [0.2, 0.25) is 0 Å². The summed E-state index contributed by atoms with van der Waals surface area (Å²) in [4.78, 5) is 136. The zero-order valence-corrected chi connectivity index (χ0v) is 29.5. The van der Waals surface area contributed by atoms with Crippen LogP contribution in [-0.4, -0.2) is 161 Å². The Hall–Kier alpha value is -5.75. The van der Waals surface area contributed by atoms with Crippen molar-refractivity contribution in [1.82, 2.24) is 42.1 Å². The van der Waals surface area contributed by atoms with Crippen LogP contribution in [0.15, 0.2) is 0 Å². The van der Waals surface area contributed by atoms with Gasteiger partial charge in [-0.3, -0.25) is 52.8 Å². The summed E-state index contributed by atoms with van der Waals surface area (Å²) in [6.45, 7) is -2.03. The van der Waals surface area contributed by atoms with Crippen LogP contribution < -0.4 is 43.0 Å². The molecule has 1 rings (SSSR count). The lowest BCUT2D eigenvalue weighted by molar-refractivity contribution is -0.146. The molecule has 13 N–H and O–H groups in total. The lowest BCUT2D eigenvalue weighted by atomic mass is 10.1. The van der Waals surface area contributed by atoms with Gasteiger partial charge in [0.25, 0.3) is 0 Å². The van der Waals surface area contributed by atoms with E-state index in [-0.39, 0.29) is 25.7 Å². The van der Waals surface area contributed by atoms with Gasteiger partial charge in [-0.25, -0.2) is 4.79 Å². The first-order valence-electron chi connectivity index (χ1n) is 16.6. The Morgan fingerprint density at radius 3 is 1.35 bits per heavy atom. The zero-order valence-electron chi connectivity index (χ0n) is 29.5. The van der Waals surface area contributed by atoms with Crippen LogP contribution in [0.3, 0.4) is 0 Å². The summed E-state index contributed by atoms with van der Waals surface area (Å²) in [7, 11) is 2.66. The van der Waals surface area contributed by atoms with Crippen LogP contribution in [-0.2, 0) is 52.7 Å². The molecule has 0 aromatic rings. The third-order valence-corrected chi connectivity index (χ3v) is 8.04. The summed E-state index contributed by atoms with van der Waals surface area (Å²) < 4.78 is 0. The van der Waals surface area contributed by atoms with Crippen LogP contribution >= 0.6 is 0 Å². The van der Waals surface area contributed by atoms with Crippen molar-refractivity contribution in [3.8, 4) is 0 Å². The van der Waals surface area contributed by atoms with Gasteiger partial charge in [-0.1, -0.05) is 0 Å². The second kappa shape index (κ2) is 23.0. The fourth-order valence-electron chi connectivity index (χ4n) is 5.03. The number of nitrogens with zero attached hydrogens (tertiary/aromatic N) is 1. The maximum absolute atomic E-state index is 13.6. The highest BCUT2D eigenvalue weighted by atomic mass is 16.4. The van der Waals surface area contributed by atoms with Crippen LogP contribution in [0.5, 0.6) is 0 Å². The van der Waals surface area contributed by atoms with E-state index in [9.17, 15) is 63.0 Å². The quantitative estimate of drug-likeness (QED) is 0.0364. The van der Waals surface area contributed by atoms with Gasteiger partial charge in [-0.2, -0.15) is 0 Å². The van der Waals surface area contributed by atoms with Crippen molar-refractivity contribution < 1.29 is 73.2 Å². The minimum absolute atomic E-state index is 0.159. The Morgan fingerprint density at radius 2 is 0.944 bits per heavy atom. The average molecular weight is 774 g/mol. The lowest BCUT2D eigenvalue weighted by Gasteiger charge is -2.27. The normalized spacial score (nSPS) is 15.8. The predicted octanol–water partition coefficient (Wildman–Crippen LogP) is -6.00. The third-order valence-electron chi connectivity index (χ3n) is 8.04. The number of nitrogens with one attached hydrogen (secondary N) is 7. The molecule has 0 saturated carbocycles. The molecule has 0 aromatic carbocycles. The first-order chi connectivity index (χ1) is 25.4. The molecule has 24 nitrogen and oxygen atoms in total. The molecule has 302 valence electrons. The summed E-state index contributed by atoms with van der Waals surface area (Å²) in [6.07, 6.45) is -2.93. The second-order valence-corrected chi connectivity index (χ2v) is 11.9. The Kier molecular flexibility index (Phi) is 19.7. The highest BCUT2D eigenvalue weighted by Gasteiger charge is 2.39. The predicted molar refractivity (Wildman–Crippen MR) is 180 cm³/mol. The number of nitrogens with two attached hydrogens (primary N) is 1.